The van der Waals surface area contributed by atoms with Crippen LogP contribution >= 0.6 is 23.1 Å². The van der Waals surface area contributed by atoms with Gasteiger partial charge >= 0.3 is 0 Å². The number of terminal acetylenes is 1. The van der Waals surface area contributed by atoms with E-state index in [9.17, 15) is 10.1 Å². The molecule has 0 spiro atoms. The molecule has 0 radical (unpaired) electrons. The van der Waals surface area contributed by atoms with Gasteiger partial charge in [-0.1, -0.05) is 72.7 Å². The van der Waals surface area contributed by atoms with Gasteiger partial charge in [0.2, 0.25) is 5.13 Å². The molecule has 1 aliphatic heterocycles. The van der Waals surface area contributed by atoms with Crippen LogP contribution in [0.5, 0.6) is 0 Å². The molecule has 2 heterocycles. The molecule has 2 N–H and O–H groups in total. The van der Waals surface area contributed by atoms with Gasteiger partial charge in [0.15, 0.2) is 10.1 Å². The Hall–Kier alpha value is -3.07. The average Bonchev–Trinajstić information content (AvgIpc) is 3.19. The van der Waals surface area contributed by atoms with Crippen LogP contribution in [0.1, 0.15) is 43.7 Å². The molecule has 1 aliphatic carbocycles. The van der Waals surface area contributed by atoms with Crippen LogP contribution in [0.2, 0.25) is 0 Å². The minimum absolute atomic E-state index is 0.0403. The van der Waals surface area contributed by atoms with E-state index >= 15 is 0 Å². The summed E-state index contributed by atoms with van der Waals surface area (Å²) < 4.78 is 0.716. The molecule has 2 aliphatic rings. The first-order valence-electron chi connectivity index (χ1n) is 10.2. The SMILES string of the molecule is C#CCSc1nnc(N2C(N)=C(C#N)C(c3ccc(C)cc3)C3=C2CC(C)(C)CC3=O)s1. The predicted octanol–water partition coefficient (Wildman–Crippen LogP) is 4.51. The van der Waals surface area contributed by atoms with Crippen molar-refractivity contribution in [1.82, 2.24) is 10.2 Å². The average molecular weight is 462 g/mol. The standard InChI is InChI=1S/C24H23N5OS2/c1-5-10-31-23-28-27-22(32-23)29-17-11-24(3,4)12-18(30)20(17)19(16(13-25)21(29)26)15-8-6-14(2)7-9-15/h1,6-9,19H,10-12,26H2,2-4H3. The Labute approximate surface area is 196 Å². The van der Waals surface area contributed by atoms with Crippen molar-refractivity contribution in [3.8, 4) is 18.4 Å². The van der Waals surface area contributed by atoms with E-state index in [0.717, 1.165) is 16.8 Å². The Morgan fingerprint density at radius 3 is 2.69 bits per heavy atom. The summed E-state index contributed by atoms with van der Waals surface area (Å²) in [5.41, 5.74) is 10.2. The molecular weight excluding hydrogens is 438 g/mol. The normalized spacial score (nSPS) is 20.1. The van der Waals surface area contributed by atoms with Crippen molar-refractivity contribution in [3.05, 3.63) is 58.1 Å². The van der Waals surface area contributed by atoms with Gasteiger partial charge in [-0.25, -0.2) is 0 Å². The highest BCUT2D eigenvalue weighted by Gasteiger charge is 2.45. The lowest BCUT2D eigenvalue weighted by Crippen LogP contribution is -2.42. The summed E-state index contributed by atoms with van der Waals surface area (Å²) in [6.45, 7) is 6.15. The maximum Gasteiger partial charge on any atom is 0.219 e. The highest BCUT2D eigenvalue weighted by molar-refractivity contribution is 8.01. The smallest absolute Gasteiger partial charge is 0.219 e. The quantitative estimate of drug-likeness (QED) is 0.528. The van der Waals surface area contributed by atoms with Gasteiger partial charge in [-0.15, -0.1) is 16.6 Å². The summed E-state index contributed by atoms with van der Waals surface area (Å²) in [6, 6.07) is 10.2. The minimum Gasteiger partial charge on any atom is -0.384 e. The molecule has 2 aromatic rings. The number of nitriles is 1. The molecule has 162 valence electrons. The van der Waals surface area contributed by atoms with Crippen molar-refractivity contribution < 1.29 is 4.79 Å². The summed E-state index contributed by atoms with van der Waals surface area (Å²) >= 11 is 2.77. The molecule has 6 nitrogen and oxygen atoms in total. The number of hydrogen-bond acceptors (Lipinski definition) is 8. The molecule has 0 saturated carbocycles. The number of aromatic nitrogens is 2. The molecule has 0 fully saturated rings. The lowest BCUT2D eigenvalue weighted by molar-refractivity contribution is -0.118. The van der Waals surface area contributed by atoms with Crippen LogP contribution in [0.4, 0.5) is 5.13 Å². The van der Waals surface area contributed by atoms with Crippen molar-refractivity contribution in [2.24, 2.45) is 11.1 Å². The number of carbonyl (C=O) groups is 1. The van der Waals surface area contributed by atoms with Crippen molar-refractivity contribution >= 4 is 34.0 Å². The largest absolute Gasteiger partial charge is 0.384 e. The summed E-state index contributed by atoms with van der Waals surface area (Å²) in [5, 5.41) is 19.2. The summed E-state index contributed by atoms with van der Waals surface area (Å²) in [6.07, 6.45) is 6.42. The predicted molar refractivity (Wildman–Crippen MR) is 128 cm³/mol. The van der Waals surface area contributed by atoms with Crippen molar-refractivity contribution in [1.29, 1.82) is 5.26 Å². The van der Waals surface area contributed by atoms with Crippen LogP contribution in [0.15, 0.2) is 51.3 Å². The van der Waals surface area contributed by atoms with Crippen LogP contribution in [-0.2, 0) is 4.79 Å². The summed E-state index contributed by atoms with van der Waals surface area (Å²) in [5.74, 6) is 2.91. The zero-order valence-corrected chi connectivity index (χ0v) is 19.8. The first-order valence-corrected chi connectivity index (χ1v) is 12.0. The third-order valence-corrected chi connectivity index (χ3v) is 7.60. The molecule has 8 heteroatoms. The molecular formula is C24H23N5OS2. The Morgan fingerprint density at radius 1 is 1.31 bits per heavy atom. The van der Waals surface area contributed by atoms with E-state index in [1.165, 1.54) is 23.1 Å². The topological polar surface area (TPSA) is 95.9 Å². The summed E-state index contributed by atoms with van der Waals surface area (Å²) in [4.78, 5) is 15.2. The number of aryl methyl sites for hydroxylation is 1. The Bertz CT molecular complexity index is 1220. The van der Waals surface area contributed by atoms with E-state index < -0.39 is 5.92 Å². The molecule has 1 atom stereocenters. The number of thioether (sulfide) groups is 1. The van der Waals surface area contributed by atoms with E-state index in [2.05, 4.69) is 36.0 Å². The van der Waals surface area contributed by atoms with Gasteiger partial charge in [0.05, 0.1) is 23.3 Å². The van der Waals surface area contributed by atoms with Gasteiger partial charge in [0, 0.05) is 17.7 Å². The molecule has 0 bridgehead atoms. The lowest BCUT2D eigenvalue weighted by atomic mass is 9.68. The summed E-state index contributed by atoms with van der Waals surface area (Å²) in [7, 11) is 0. The number of hydrogen-bond donors (Lipinski definition) is 1. The second-order valence-corrected chi connectivity index (χ2v) is 10.9. The van der Waals surface area contributed by atoms with Gasteiger partial charge in [-0.3, -0.25) is 9.69 Å². The van der Waals surface area contributed by atoms with Crippen molar-refractivity contribution in [2.45, 2.75) is 43.9 Å². The van der Waals surface area contributed by atoms with Gasteiger partial charge in [0.1, 0.15) is 5.82 Å². The van der Waals surface area contributed by atoms with Crippen LogP contribution < -0.4 is 10.6 Å². The molecule has 32 heavy (non-hydrogen) atoms. The Balaban J connectivity index is 1.91. The number of nitrogens with zero attached hydrogens (tertiary/aromatic N) is 4. The number of carbonyl (C=O) groups excluding carboxylic acids is 1. The fourth-order valence-electron chi connectivity index (χ4n) is 4.27. The highest BCUT2D eigenvalue weighted by atomic mass is 32.2. The number of benzene rings is 1. The van der Waals surface area contributed by atoms with E-state index in [1.54, 1.807) is 4.90 Å². The van der Waals surface area contributed by atoms with Crippen molar-refractivity contribution in [3.63, 3.8) is 0 Å². The van der Waals surface area contributed by atoms with Gasteiger partial charge in [-0.05, 0) is 24.3 Å². The third-order valence-electron chi connectivity index (χ3n) is 5.66. The minimum atomic E-state index is -0.487. The maximum atomic E-state index is 13.5. The maximum absolute atomic E-state index is 13.5. The Kier molecular flexibility index (Phi) is 5.85. The molecule has 4 rings (SSSR count). The van der Waals surface area contributed by atoms with E-state index in [0.29, 0.717) is 45.0 Å². The van der Waals surface area contributed by atoms with Gasteiger partial charge < -0.3 is 5.73 Å². The number of allylic oxidation sites excluding steroid dienone is 3. The monoisotopic (exact) mass is 461 g/mol. The third kappa shape index (κ3) is 3.92. The van der Waals surface area contributed by atoms with Gasteiger partial charge in [0.25, 0.3) is 0 Å². The molecule has 1 aromatic heterocycles. The second kappa shape index (κ2) is 8.46. The Morgan fingerprint density at radius 2 is 2.03 bits per heavy atom. The lowest BCUT2D eigenvalue weighted by Gasteiger charge is -2.42. The van der Waals surface area contributed by atoms with Crippen LogP contribution in [0.3, 0.4) is 0 Å². The molecule has 0 amide bonds. The van der Waals surface area contributed by atoms with Crippen molar-refractivity contribution in [2.75, 3.05) is 10.7 Å². The number of anilines is 1. The van der Waals surface area contributed by atoms with E-state index in [4.69, 9.17) is 12.2 Å². The number of rotatable bonds is 4. The molecule has 1 unspecified atom stereocenters. The number of nitrogens with two attached hydrogens (primary N) is 1. The first kappa shape index (κ1) is 22.1. The van der Waals surface area contributed by atoms with Crippen LogP contribution in [-0.4, -0.2) is 21.7 Å². The van der Waals surface area contributed by atoms with Crippen LogP contribution in [0, 0.1) is 36.0 Å². The fraction of sp³-hybridized carbons (Fsp3) is 0.333. The van der Waals surface area contributed by atoms with E-state index in [1.807, 2.05) is 31.2 Å². The molecule has 0 saturated heterocycles. The van der Waals surface area contributed by atoms with E-state index in [-0.39, 0.29) is 11.2 Å². The molecule has 1 aromatic carbocycles. The zero-order chi connectivity index (χ0) is 23.0. The first-order chi connectivity index (χ1) is 15.3. The number of Topliss-reactive ketones (excluding diaryl/α,β-unsaturated/α-hetero) is 1. The fourth-order valence-corrected chi connectivity index (χ4v) is 5.83. The number of ketones is 1. The van der Waals surface area contributed by atoms with Crippen LogP contribution in [0.25, 0.3) is 0 Å². The zero-order valence-electron chi connectivity index (χ0n) is 18.2. The van der Waals surface area contributed by atoms with Gasteiger partial charge in [-0.2, -0.15) is 5.26 Å². The highest BCUT2D eigenvalue weighted by Crippen LogP contribution is 2.50. The second-order valence-electron chi connectivity index (χ2n) is 8.73.